The predicted octanol–water partition coefficient (Wildman–Crippen LogP) is 2.36. The minimum absolute atomic E-state index is 0.0165. The molecule has 2 heterocycles. The van der Waals surface area contributed by atoms with Crippen LogP contribution >= 0.6 is 0 Å². The van der Waals surface area contributed by atoms with Gasteiger partial charge in [-0.1, -0.05) is 12.1 Å². The molecule has 2 saturated heterocycles. The molecule has 1 aromatic carbocycles. The predicted molar refractivity (Wildman–Crippen MR) is 80.4 cm³/mol. The van der Waals surface area contributed by atoms with Crippen LogP contribution in [-0.4, -0.2) is 41.8 Å². The molecular weight excluding hydrogens is 283 g/mol. The number of carbonyl (C=O) groups excluding carboxylic acids is 2. The lowest BCUT2D eigenvalue weighted by Crippen LogP contribution is -2.43. The first-order valence-electron chi connectivity index (χ1n) is 7.86. The third-order valence-corrected chi connectivity index (χ3v) is 4.80. The number of benzene rings is 1. The standard InChI is InChI=1S/C17H21FN2O2/c1-19-10-8-13(11-16(19)21)17(22)20-9-2-3-15(20)12-4-6-14(18)7-5-12/h4-7,13,15H,2-3,8-11H2,1H3/t13-,15+/m1/s1. The Hall–Kier alpha value is -1.91. The van der Waals surface area contributed by atoms with Crippen molar-refractivity contribution >= 4 is 11.8 Å². The van der Waals surface area contributed by atoms with Crippen LogP contribution in [0.15, 0.2) is 24.3 Å². The van der Waals surface area contributed by atoms with Gasteiger partial charge in [0, 0.05) is 32.5 Å². The molecule has 0 radical (unpaired) electrons. The number of hydrogen-bond donors (Lipinski definition) is 0. The molecule has 0 unspecified atom stereocenters. The topological polar surface area (TPSA) is 40.6 Å². The van der Waals surface area contributed by atoms with E-state index in [2.05, 4.69) is 0 Å². The summed E-state index contributed by atoms with van der Waals surface area (Å²) in [5.41, 5.74) is 0.978. The number of hydrogen-bond acceptors (Lipinski definition) is 2. The van der Waals surface area contributed by atoms with Gasteiger partial charge in [-0.05, 0) is 37.0 Å². The summed E-state index contributed by atoms with van der Waals surface area (Å²) in [6.45, 7) is 1.37. The Kier molecular flexibility index (Phi) is 4.14. The van der Waals surface area contributed by atoms with E-state index in [0.29, 0.717) is 13.0 Å². The Bertz CT molecular complexity index is 573. The van der Waals surface area contributed by atoms with Gasteiger partial charge < -0.3 is 9.80 Å². The summed E-state index contributed by atoms with van der Waals surface area (Å²) in [5, 5.41) is 0. The summed E-state index contributed by atoms with van der Waals surface area (Å²) in [7, 11) is 1.78. The Balaban J connectivity index is 1.74. The molecule has 2 fully saturated rings. The largest absolute Gasteiger partial charge is 0.346 e. The first kappa shape index (κ1) is 15.0. The molecule has 0 spiro atoms. The van der Waals surface area contributed by atoms with Crippen LogP contribution in [0.5, 0.6) is 0 Å². The van der Waals surface area contributed by atoms with Gasteiger partial charge in [-0.25, -0.2) is 4.39 Å². The minimum Gasteiger partial charge on any atom is -0.346 e. The third-order valence-electron chi connectivity index (χ3n) is 4.80. The molecule has 2 aliphatic heterocycles. The minimum atomic E-state index is -0.263. The lowest BCUT2D eigenvalue weighted by molar-refractivity contribution is -0.145. The number of rotatable bonds is 2. The Labute approximate surface area is 129 Å². The summed E-state index contributed by atoms with van der Waals surface area (Å²) < 4.78 is 13.1. The molecule has 118 valence electrons. The van der Waals surface area contributed by atoms with E-state index >= 15 is 0 Å². The summed E-state index contributed by atoms with van der Waals surface area (Å²) in [5.74, 6) is -0.347. The number of likely N-dealkylation sites (tertiary alicyclic amines) is 2. The van der Waals surface area contributed by atoms with Gasteiger partial charge >= 0.3 is 0 Å². The lowest BCUT2D eigenvalue weighted by Gasteiger charge is -2.33. The van der Waals surface area contributed by atoms with Crippen molar-refractivity contribution < 1.29 is 14.0 Å². The Morgan fingerprint density at radius 1 is 1.18 bits per heavy atom. The molecule has 5 heteroatoms. The fourth-order valence-electron chi connectivity index (χ4n) is 3.45. The Morgan fingerprint density at radius 2 is 1.91 bits per heavy atom. The zero-order chi connectivity index (χ0) is 15.7. The first-order chi connectivity index (χ1) is 10.6. The highest BCUT2D eigenvalue weighted by molar-refractivity contribution is 5.87. The van der Waals surface area contributed by atoms with E-state index in [9.17, 15) is 14.0 Å². The van der Waals surface area contributed by atoms with E-state index in [4.69, 9.17) is 0 Å². The van der Waals surface area contributed by atoms with E-state index in [0.717, 1.165) is 31.4 Å². The fourth-order valence-corrected chi connectivity index (χ4v) is 3.45. The van der Waals surface area contributed by atoms with E-state index in [1.165, 1.54) is 12.1 Å². The quantitative estimate of drug-likeness (QED) is 0.841. The maximum Gasteiger partial charge on any atom is 0.226 e. The summed E-state index contributed by atoms with van der Waals surface area (Å²) in [6.07, 6.45) is 2.89. The molecule has 2 amide bonds. The average molecular weight is 304 g/mol. The van der Waals surface area contributed by atoms with Crippen LogP contribution < -0.4 is 0 Å². The molecule has 0 aliphatic carbocycles. The maximum atomic E-state index is 13.1. The van der Waals surface area contributed by atoms with Gasteiger partial charge in [-0.15, -0.1) is 0 Å². The van der Waals surface area contributed by atoms with Crippen LogP contribution in [0.2, 0.25) is 0 Å². The molecule has 0 bridgehead atoms. The van der Waals surface area contributed by atoms with Crippen molar-refractivity contribution in [2.75, 3.05) is 20.1 Å². The highest BCUT2D eigenvalue weighted by atomic mass is 19.1. The number of carbonyl (C=O) groups is 2. The van der Waals surface area contributed by atoms with Gasteiger partial charge in [0.2, 0.25) is 11.8 Å². The van der Waals surface area contributed by atoms with Gasteiger partial charge in [0.1, 0.15) is 5.82 Å². The van der Waals surface area contributed by atoms with Crippen molar-refractivity contribution in [3.8, 4) is 0 Å². The second kappa shape index (κ2) is 6.07. The number of halogens is 1. The molecule has 0 N–H and O–H groups in total. The summed E-state index contributed by atoms with van der Waals surface area (Å²) >= 11 is 0. The van der Waals surface area contributed by atoms with E-state index in [-0.39, 0.29) is 29.6 Å². The molecule has 3 rings (SSSR count). The molecule has 2 aliphatic rings. The lowest BCUT2D eigenvalue weighted by atomic mass is 9.94. The van der Waals surface area contributed by atoms with Crippen molar-refractivity contribution in [2.45, 2.75) is 31.7 Å². The van der Waals surface area contributed by atoms with Crippen molar-refractivity contribution in [1.82, 2.24) is 9.80 Å². The van der Waals surface area contributed by atoms with Crippen molar-refractivity contribution in [1.29, 1.82) is 0 Å². The first-order valence-corrected chi connectivity index (χ1v) is 7.86. The van der Waals surface area contributed by atoms with Crippen LogP contribution in [-0.2, 0) is 9.59 Å². The van der Waals surface area contributed by atoms with Gasteiger partial charge in [-0.2, -0.15) is 0 Å². The molecule has 0 aromatic heterocycles. The number of nitrogens with zero attached hydrogens (tertiary/aromatic N) is 2. The van der Waals surface area contributed by atoms with Crippen LogP contribution in [0.1, 0.15) is 37.3 Å². The van der Waals surface area contributed by atoms with Crippen molar-refractivity contribution in [3.05, 3.63) is 35.6 Å². The highest BCUT2D eigenvalue weighted by Crippen LogP contribution is 2.34. The second-order valence-corrected chi connectivity index (χ2v) is 6.25. The molecule has 1 aromatic rings. The van der Waals surface area contributed by atoms with Gasteiger partial charge in [0.05, 0.1) is 6.04 Å². The van der Waals surface area contributed by atoms with Crippen molar-refractivity contribution in [2.24, 2.45) is 5.92 Å². The number of piperidine rings is 1. The van der Waals surface area contributed by atoms with Crippen molar-refractivity contribution in [3.63, 3.8) is 0 Å². The zero-order valence-electron chi connectivity index (χ0n) is 12.8. The van der Waals surface area contributed by atoms with Crippen LogP contribution in [0.3, 0.4) is 0 Å². The third kappa shape index (κ3) is 2.85. The van der Waals surface area contributed by atoms with Crippen LogP contribution in [0.25, 0.3) is 0 Å². The summed E-state index contributed by atoms with van der Waals surface area (Å²) in [6, 6.07) is 6.41. The molecule has 2 atom stereocenters. The monoisotopic (exact) mass is 304 g/mol. The molecule has 4 nitrogen and oxygen atoms in total. The van der Waals surface area contributed by atoms with Crippen LogP contribution in [0.4, 0.5) is 4.39 Å². The normalized spacial score (nSPS) is 25.6. The molecular formula is C17H21FN2O2. The molecule has 0 saturated carbocycles. The van der Waals surface area contributed by atoms with Gasteiger partial charge in [0.15, 0.2) is 0 Å². The van der Waals surface area contributed by atoms with Gasteiger partial charge in [0.25, 0.3) is 0 Å². The average Bonchev–Trinajstić information content (AvgIpc) is 2.99. The van der Waals surface area contributed by atoms with Crippen LogP contribution in [0, 0.1) is 11.7 Å². The molecule has 22 heavy (non-hydrogen) atoms. The maximum absolute atomic E-state index is 13.1. The number of amides is 2. The fraction of sp³-hybridized carbons (Fsp3) is 0.529. The van der Waals surface area contributed by atoms with E-state index < -0.39 is 0 Å². The highest BCUT2D eigenvalue weighted by Gasteiger charge is 2.36. The zero-order valence-corrected chi connectivity index (χ0v) is 12.8. The van der Waals surface area contributed by atoms with E-state index in [1.807, 2.05) is 4.90 Å². The smallest absolute Gasteiger partial charge is 0.226 e. The summed E-state index contributed by atoms with van der Waals surface area (Å²) in [4.78, 5) is 28.2. The van der Waals surface area contributed by atoms with Gasteiger partial charge in [-0.3, -0.25) is 9.59 Å². The van der Waals surface area contributed by atoms with E-state index in [1.54, 1.807) is 24.1 Å². The SMILES string of the molecule is CN1CC[C@@H](C(=O)N2CCC[C@H]2c2ccc(F)cc2)CC1=O. The second-order valence-electron chi connectivity index (χ2n) is 6.25. The Morgan fingerprint density at radius 3 is 2.59 bits per heavy atom.